The van der Waals surface area contributed by atoms with Gasteiger partial charge in [0.05, 0.1) is 11.8 Å². The Balaban J connectivity index is 1.61. The minimum absolute atomic E-state index is 0.0834. The van der Waals surface area contributed by atoms with Gasteiger partial charge in [-0.2, -0.15) is 0 Å². The van der Waals surface area contributed by atoms with Crippen LogP contribution in [0.4, 0.5) is 0 Å². The molecule has 0 aliphatic carbocycles. The van der Waals surface area contributed by atoms with Crippen molar-refractivity contribution >= 4 is 11.6 Å². The number of ether oxygens (including phenoxy) is 1. The summed E-state index contributed by atoms with van der Waals surface area (Å²) in [5.74, 6) is 0.0834. The molecule has 1 amide bonds. The van der Waals surface area contributed by atoms with Gasteiger partial charge in [-0.1, -0.05) is 6.07 Å². The molecule has 2 saturated heterocycles. The van der Waals surface area contributed by atoms with Crippen molar-refractivity contribution in [1.29, 1.82) is 0 Å². The number of aromatic nitrogens is 2. The second-order valence-corrected chi connectivity index (χ2v) is 8.33. The minimum atomic E-state index is 0.0834. The van der Waals surface area contributed by atoms with E-state index < -0.39 is 0 Å². The van der Waals surface area contributed by atoms with Crippen LogP contribution in [0.25, 0.3) is 5.65 Å². The Morgan fingerprint density at radius 3 is 2.82 bits per heavy atom. The summed E-state index contributed by atoms with van der Waals surface area (Å²) < 4.78 is 8.01. The zero-order valence-electron chi connectivity index (χ0n) is 17.2. The topological polar surface area (TPSA) is 50.1 Å². The van der Waals surface area contributed by atoms with Crippen LogP contribution in [-0.4, -0.2) is 64.5 Å². The first kappa shape index (κ1) is 19.4. The monoisotopic (exact) mass is 384 g/mol. The number of rotatable bonds is 5. The van der Waals surface area contributed by atoms with Crippen LogP contribution in [0, 0.1) is 6.92 Å². The number of carbonyl (C=O) groups excluding carboxylic acids is 1. The number of hydrogen-bond donors (Lipinski definition) is 0. The number of nitrogens with zero attached hydrogens (tertiary/aromatic N) is 4. The van der Waals surface area contributed by atoms with Gasteiger partial charge in [0, 0.05) is 39.0 Å². The molecule has 2 aromatic rings. The molecule has 152 valence electrons. The largest absolute Gasteiger partial charge is 0.377 e. The SMILES string of the molecule is Cc1cccn2c(CN(C)C[C@@H]3CCCCO3)c(C(=O)N3CCCCC3)nc12. The van der Waals surface area contributed by atoms with E-state index in [1.165, 1.54) is 19.3 Å². The van der Waals surface area contributed by atoms with Crippen LogP contribution >= 0.6 is 0 Å². The van der Waals surface area contributed by atoms with E-state index in [4.69, 9.17) is 9.72 Å². The van der Waals surface area contributed by atoms with Gasteiger partial charge in [0.1, 0.15) is 5.65 Å². The van der Waals surface area contributed by atoms with Crippen molar-refractivity contribution in [2.45, 2.75) is 58.1 Å². The van der Waals surface area contributed by atoms with Crippen LogP contribution < -0.4 is 0 Å². The van der Waals surface area contributed by atoms with Gasteiger partial charge in [-0.05, 0) is 64.1 Å². The number of carbonyl (C=O) groups is 1. The quantitative estimate of drug-likeness (QED) is 0.794. The Hall–Kier alpha value is -1.92. The molecule has 0 spiro atoms. The predicted molar refractivity (Wildman–Crippen MR) is 110 cm³/mol. The highest BCUT2D eigenvalue weighted by Crippen LogP contribution is 2.22. The van der Waals surface area contributed by atoms with Crippen LogP contribution in [0.1, 0.15) is 60.3 Å². The third-order valence-electron chi connectivity index (χ3n) is 6.00. The normalized spacial score (nSPS) is 20.8. The number of amides is 1. The number of aryl methyl sites for hydroxylation is 1. The first-order valence-electron chi connectivity index (χ1n) is 10.7. The van der Waals surface area contributed by atoms with E-state index in [-0.39, 0.29) is 5.91 Å². The summed E-state index contributed by atoms with van der Waals surface area (Å²) in [6.07, 6.45) is 9.25. The minimum Gasteiger partial charge on any atom is -0.377 e. The van der Waals surface area contributed by atoms with Gasteiger partial charge >= 0.3 is 0 Å². The molecule has 0 N–H and O–H groups in total. The molecule has 6 nitrogen and oxygen atoms in total. The van der Waals surface area contributed by atoms with Gasteiger partial charge in [0.25, 0.3) is 5.91 Å². The van der Waals surface area contributed by atoms with E-state index in [0.29, 0.717) is 18.3 Å². The van der Waals surface area contributed by atoms with Gasteiger partial charge in [-0.25, -0.2) is 4.98 Å². The predicted octanol–water partition coefficient (Wildman–Crippen LogP) is 3.27. The molecule has 28 heavy (non-hydrogen) atoms. The molecule has 0 unspecified atom stereocenters. The summed E-state index contributed by atoms with van der Waals surface area (Å²) in [6.45, 7) is 6.19. The number of hydrogen-bond acceptors (Lipinski definition) is 4. The lowest BCUT2D eigenvalue weighted by molar-refractivity contribution is -0.00281. The van der Waals surface area contributed by atoms with E-state index in [1.807, 2.05) is 17.2 Å². The number of piperidine rings is 1. The fourth-order valence-electron chi connectivity index (χ4n) is 4.44. The molecule has 2 aliphatic rings. The molecular formula is C22H32N4O2. The smallest absolute Gasteiger partial charge is 0.274 e. The summed E-state index contributed by atoms with van der Waals surface area (Å²) in [5, 5.41) is 0. The van der Waals surface area contributed by atoms with Crippen LogP contribution in [-0.2, 0) is 11.3 Å². The maximum Gasteiger partial charge on any atom is 0.274 e. The number of likely N-dealkylation sites (tertiary alicyclic amines) is 1. The molecule has 0 radical (unpaired) electrons. The Morgan fingerprint density at radius 1 is 1.25 bits per heavy atom. The van der Waals surface area contributed by atoms with Gasteiger partial charge < -0.3 is 14.0 Å². The molecule has 1 atom stereocenters. The van der Waals surface area contributed by atoms with Crippen LogP contribution in [0.15, 0.2) is 18.3 Å². The maximum absolute atomic E-state index is 13.3. The average Bonchev–Trinajstić information content (AvgIpc) is 3.08. The zero-order valence-corrected chi connectivity index (χ0v) is 17.2. The van der Waals surface area contributed by atoms with Crippen molar-refractivity contribution in [3.05, 3.63) is 35.3 Å². The highest BCUT2D eigenvalue weighted by molar-refractivity contribution is 5.94. The number of fused-ring (bicyclic) bond motifs is 1. The molecular weight excluding hydrogens is 352 g/mol. The second kappa shape index (κ2) is 8.62. The highest BCUT2D eigenvalue weighted by Gasteiger charge is 2.26. The van der Waals surface area contributed by atoms with Crippen molar-refractivity contribution < 1.29 is 9.53 Å². The Bertz CT molecular complexity index is 819. The fraction of sp³-hybridized carbons (Fsp3) is 0.636. The maximum atomic E-state index is 13.3. The van der Waals surface area contributed by atoms with Gasteiger partial charge in [0.2, 0.25) is 0 Å². The van der Waals surface area contributed by atoms with Crippen molar-refractivity contribution in [3.8, 4) is 0 Å². The molecule has 0 aromatic carbocycles. The Kier molecular flexibility index (Phi) is 5.97. The van der Waals surface area contributed by atoms with E-state index >= 15 is 0 Å². The third kappa shape index (κ3) is 4.08. The molecule has 0 bridgehead atoms. The molecule has 2 aromatic heterocycles. The summed E-state index contributed by atoms with van der Waals surface area (Å²) in [5.41, 5.74) is 3.60. The zero-order chi connectivity index (χ0) is 19.5. The standard InChI is InChI=1S/C22H32N4O2/c1-17-9-8-13-26-19(16-24(2)15-18-10-4-7-14-28-18)20(23-21(17)26)22(27)25-11-5-3-6-12-25/h8-9,13,18H,3-7,10-12,14-16H2,1-2H3/t18-/m0/s1. The third-order valence-corrected chi connectivity index (χ3v) is 6.00. The summed E-state index contributed by atoms with van der Waals surface area (Å²) in [7, 11) is 2.11. The number of imidazole rings is 1. The Morgan fingerprint density at radius 2 is 2.07 bits per heavy atom. The fourth-order valence-corrected chi connectivity index (χ4v) is 4.44. The first-order valence-corrected chi connectivity index (χ1v) is 10.7. The Labute approximate surface area is 167 Å². The molecule has 2 aliphatic heterocycles. The van der Waals surface area contributed by atoms with E-state index in [2.05, 4.69) is 29.3 Å². The number of likely N-dealkylation sites (N-methyl/N-ethyl adjacent to an activating group) is 1. The van der Waals surface area contributed by atoms with Gasteiger partial charge in [-0.15, -0.1) is 0 Å². The van der Waals surface area contributed by atoms with Crippen LogP contribution in [0.2, 0.25) is 0 Å². The van der Waals surface area contributed by atoms with Crippen molar-refractivity contribution in [2.24, 2.45) is 0 Å². The molecule has 4 rings (SSSR count). The van der Waals surface area contributed by atoms with Crippen molar-refractivity contribution in [2.75, 3.05) is 33.3 Å². The van der Waals surface area contributed by atoms with Gasteiger partial charge in [0.15, 0.2) is 5.69 Å². The first-order chi connectivity index (χ1) is 13.6. The van der Waals surface area contributed by atoms with Crippen LogP contribution in [0.3, 0.4) is 0 Å². The highest BCUT2D eigenvalue weighted by atomic mass is 16.5. The van der Waals surface area contributed by atoms with Gasteiger partial charge in [-0.3, -0.25) is 9.69 Å². The number of pyridine rings is 1. The van der Waals surface area contributed by atoms with Crippen molar-refractivity contribution in [1.82, 2.24) is 19.2 Å². The molecule has 6 heteroatoms. The second-order valence-electron chi connectivity index (χ2n) is 8.33. The molecule has 2 fully saturated rings. The lowest BCUT2D eigenvalue weighted by atomic mass is 10.1. The lowest BCUT2D eigenvalue weighted by Gasteiger charge is -2.28. The van der Waals surface area contributed by atoms with E-state index in [1.54, 1.807) is 0 Å². The van der Waals surface area contributed by atoms with E-state index in [9.17, 15) is 4.79 Å². The van der Waals surface area contributed by atoms with E-state index in [0.717, 1.165) is 62.4 Å². The van der Waals surface area contributed by atoms with Crippen molar-refractivity contribution in [3.63, 3.8) is 0 Å². The molecule has 4 heterocycles. The summed E-state index contributed by atoms with van der Waals surface area (Å²) in [4.78, 5) is 22.3. The lowest BCUT2D eigenvalue weighted by Crippen LogP contribution is -2.37. The molecule has 0 saturated carbocycles. The summed E-state index contributed by atoms with van der Waals surface area (Å²) >= 11 is 0. The average molecular weight is 385 g/mol. The summed E-state index contributed by atoms with van der Waals surface area (Å²) in [6, 6.07) is 4.09. The van der Waals surface area contributed by atoms with Crippen LogP contribution in [0.5, 0.6) is 0 Å².